The molecule has 90 valence electrons. The first kappa shape index (κ1) is 11.5. The quantitative estimate of drug-likeness (QED) is 0.709. The largest absolute Gasteiger partial charge is 0.373 e. The van der Waals surface area contributed by atoms with E-state index >= 15 is 0 Å². The van der Waals surface area contributed by atoms with Crippen LogP contribution in [0.15, 0.2) is 4.52 Å². The summed E-state index contributed by atoms with van der Waals surface area (Å²) in [6, 6.07) is 0. The highest BCUT2D eigenvalue weighted by molar-refractivity contribution is 4.98. The van der Waals surface area contributed by atoms with Gasteiger partial charge >= 0.3 is 0 Å². The van der Waals surface area contributed by atoms with E-state index in [2.05, 4.69) is 15.5 Å². The van der Waals surface area contributed by atoms with Gasteiger partial charge in [-0.3, -0.25) is 0 Å². The first-order chi connectivity index (χ1) is 7.85. The smallest absolute Gasteiger partial charge is 0.226 e. The second-order valence-corrected chi connectivity index (χ2v) is 4.25. The maximum absolute atomic E-state index is 5.40. The lowest BCUT2D eigenvalue weighted by atomic mass is 10.2. The summed E-state index contributed by atoms with van der Waals surface area (Å²) in [5, 5.41) is 7.09. The Balaban J connectivity index is 1.90. The lowest BCUT2D eigenvalue weighted by molar-refractivity contribution is 0.0751. The van der Waals surface area contributed by atoms with Crippen molar-refractivity contribution in [3.63, 3.8) is 0 Å². The van der Waals surface area contributed by atoms with E-state index in [-0.39, 0.29) is 6.10 Å². The SMILES string of the molecule is CNCCCc1nc(C(OC)C2CC2)no1. The molecule has 1 aromatic rings. The zero-order valence-electron chi connectivity index (χ0n) is 9.90. The van der Waals surface area contributed by atoms with Gasteiger partial charge < -0.3 is 14.6 Å². The Kier molecular flexibility index (Phi) is 3.90. The number of aryl methyl sites for hydroxylation is 1. The highest BCUT2D eigenvalue weighted by atomic mass is 16.5. The van der Waals surface area contributed by atoms with Gasteiger partial charge in [0.15, 0.2) is 0 Å². The summed E-state index contributed by atoms with van der Waals surface area (Å²) < 4.78 is 10.6. The molecule has 2 rings (SSSR count). The van der Waals surface area contributed by atoms with Gasteiger partial charge in [-0.05, 0) is 38.8 Å². The van der Waals surface area contributed by atoms with Gasteiger partial charge in [0.1, 0.15) is 6.10 Å². The van der Waals surface area contributed by atoms with Crippen LogP contribution >= 0.6 is 0 Å². The molecule has 0 amide bonds. The third kappa shape index (κ3) is 2.80. The van der Waals surface area contributed by atoms with Crippen molar-refractivity contribution in [1.29, 1.82) is 0 Å². The molecule has 0 spiro atoms. The highest BCUT2D eigenvalue weighted by Gasteiger charge is 2.35. The monoisotopic (exact) mass is 225 g/mol. The Morgan fingerprint density at radius 1 is 1.56 bits per heavy atom. The number of nitrogens with zero attached hydrogens (tertiary/aromatic N) is 2. The van der Waals surface area contributed by atoms with Gasteiger partial charge in [-0.15, -0.1) is 0 Å². The molecule has 1 aromatic heterocycles. The minimum absolute atomic E-state index is 0.0294. The molecule has 0 bridgehead atoms. The maximum atomic E-state index is 5.40. The zero-order chi connectivity index (χ0) is 11.4. The number of aromatic nitrogens is 2. The van der Waals surface area contributed by atoms with Crippen LogP contribution in [0.3, 0.4) is 0 Å². The predicted octanol–water partition coefficient (Wildman–Crippen LogP) is 1.32. The molecular weight excluding hydrogens is 206 g/mol. The Labute approximate surface area is 95.6 Å². The van der Waals surface area contributed by atoms with Gasteiger partial charge in [0, 0.05) is 13.5 Å². The fraction of sp³-hybridized carbons (Fsp3) is 0.818. The van der Waals surface area contributed by atoms with Crippen LogP contribution in [0.4, 0.5) is 0 Å². The fourth-order valence-electron chi connectivity index (χ4n) is 1.81. The molecule has 0 radical (unpaired) electrons. The summed E-state index contributed by atoms with van der Waals surface area (Å²) in [7, 11) is 3.65. The van der Waals surface area contributed by atoms with Gasteiger partial charge in [-0.25, -0.2) is 0 Å². The summed E-state index contributed by atoms with van der Waals surface area (Å²) in [5.74, 6) is 2.02. The van der Waals surface area contributed by atoms with Crippen molar-refractivity contribution in [2.45, 2.75) is 31.8 Å². The van der Waals surface area contributed by atoms with Crippen LogP contribution in [0.25, 0.3) is 0 Å². The summed E-state index contributed by atoms with van der Waals surface area (Å²) >= 11 is 0. The van der Waals surface area contributed by atoms with Gasteiger partial charge in [0.25, 0.3) is 0 Å². The van der Waals surface area contributed by atoms with Crippen LogP contribution in [0.2, 0.25) is 0 Å². The van der Waals surface area contributed by atoms with Crippen LogP contribution < -0.4 is 5.32 Å². The van der Waals surface area contributed by atoms with E-state index in [4.69, 9.17) is 9.26 Å². The number of hydrogen-bond donors (Lipinski definition) is 1. The van der Waals surface area contributed by atoms with Gasteiger partial charge in [-0.1, -0.05) is 5.16 Å². The highest BCUT2D eigenvalue weighted by Crippen LogP contribution is 2.41. The molecule has 1 N–H and O–H groups in total. The molecule has 1 atom stereocenters. The van der Waals surface area contributed by atoms with Crippen molar-refractivity contribution in [2.24, 2.45) is 5.92 Å². The van der Waals surface area contributed by atoms with Crippen molar-refractivity contribution in [2.75, 3.05) is 20.7 Å². The fourth-order valence-corrected chi connectivity index (χ4v) is 1.81. The first-order valence-corrected chi connectivity index (χ1v) is 5.85. The van der Waals surface area contributed by atoms with Crippen molar-refractivity contribution in [3.8, 4) is 0 Å². The van der Waals surface area contributed by atoms with E-state index in [0.29, 0.717) is 17.6 Å². The standard InChI is InChI=1S/C11H19N3O2/c1-12-7-3-4-9-13-11(14-16-9)10(15-2)8-5-6-8/h8,10,12H,3-7H2,1-2H3. The topological polar surface area (TPSA) is 60.2 Å². The van der Waals surface area contributed by atoms with Crippen molar-refractivity contribution < 1.29 is 9.26 Å². The molecule has 5 heteroatoms. The van der Waals surface area contributed by atoms with Gasteiger partial charge in [0.2, 0.25) is 11.7 Å². The van der Waals surface area contributed by atoms with Gasteiger partial charge in [0.05, 0.1) is 0 Å². The summed E-state index contributed by atoms with van der Waals surface area (Å²) in [4.78, 5) is 4.38. The Morgan fingerprint density at radius 2 is 2.38 bits per heavy atom. The zero-order valence-corrected chi connectivity index (χ0v) is 9.90. The molecule has 16 heavy (non-hydrogen) atoms. The van der Waals surface area contributed by atoms with E-state index in [1.807, 2.05) is 7.05 Å². The molecule has 1 aliphatic carbocycles. The molecule has 1 unspecified atom stereocenters. The van der Waals surface area contributed by atoms with E-state index in [0.717, 1.165) is 19.4 Å². The number of rotatable bonds is 7. The summed E-state index contributed by atoms with van der Waals surface area (Å²) in [5.41, 5.74) is 0. The molecular formula is C11H19N3O2. The van der Waals surface area contributed by atoms with Crippen LogP contribution in [-0.4, -0.2) is 30.8 Å². The minimum Gasteiger partial charge on any atom is -0.373 e. The van der Waals surface area contributed by atoms with Crippen molar-refractivity contribution in [3.05, 3.63) is 11.7 Å². The van der Waals surface area contributed by atoms with E-state index in [1.54, 1.807) is 7.11 Å². The Morgan fingerprint density at radius 3 is 3.00 bits per heavy atom. The lowest BCUT2D eigenvalue weighted by Crippen LogP contribution is -2.09. The number of nitrogens with one attached hydrogen (secondary N) is 1. The molecule has 1 heterocycles. The number of methoxy groups -OCH3 is 1. The molecule has 0 aliphatic heterocycles. The summed E-state index contributed by atoms with van der Waals surface area (Å²) in [6.45, 7) is 0.966. The van der Waals surface area contributed by atoms with Crippen molar-refractivity contribution >= 4 is 0 Å². The average molecular weight is 225 g/mol. The average Bonchev–Trinajstić information content (AvgIpc) is 3.01. The minimum atomic E-state index is 0.0294. The van der Waals surface area contributed by atoms with Gasteiger partial charge in [-0.2, -0.15) is 4.98 Å². The molecule has 0 saturated heterocycles. The lowest BCUT2D eigenvalue weighted by Gasteiger charge is -2.08. The van der Waals surface area contributed by atoms with Crippen molar-refractivity contribution in [1.82, 2.24) is 15.5 Å². The van der Waals surface area contributed by atoms with Crippen LogP contribution in [-0.2, 0) is 11.2 Å². The maximum Gasteiger partial charge on any atom is 0.226 e. The van der Waals surface area contributed by atoms with Crippen LogP contribution in [0.5, 0.6) is 0 Å². The van der Waals surface area contributed by atoms with E-state index in [9.17, 15) is 0 Å². The van der Waals surface area contributed by atoms with E-state index in [1.165, 1.54) is 12.8 Å². The molecule has 1 fully saturated rings. The Bertz CT molecular complexity index is 323. The molecule has 1 saturated carbocycles. The van der Waals surface area contributed by atoms with E-state index < -0.39 is 0 Å². The molecule has 0 aromatic carbocycles. The molecule has 5 nitrogen and oxygen atoms in total. The van der Waals surface area contributed by atoms with Crippen LogP contribution in [0.1, 0.15) is 37.1 Å². The van der Waals surface area contributed by atoms with Crippen LogP contribution in [0, 0.1) is 5.92 Å². The predicted molar refractivity (Wildman–Crippen MR) is 59.0 cm³/mol. The molecule has 1 aliphatic rings. The third-order valence-corrected chi connectivity index (χ3v) is 2.86. The number of ether oxygens (including phenoxy) is 1. The summed E-state index contributed by atoms with van der Waals surface area (Å²) in [6.07, 6.45) is 4.29. The third-order valence-electron chi connectivity index (χ3n) is 2.86. The Hall–Kier alpha value is -0.940. The second-order valence-electron chi connectivity index (χ2n) is 4.25. The first-order valence-electron chi connectivity index (χ1n) is 5.85. The normalized spacial score (nSPS) is 17.6. The number of hydrogen-bond acceptors (Lipinski definition) is 5. The second kappa shape index (κ2) is 5.41.